The lowest BCUT2D eigenvalue weighted by molar-refractivity contribution is 0.0913. The second kappa shape index (κ2) is 9.61. The summed E-state index contributed by atoms with van der Waals surface area (Å²) in [6.07, 6.45) is 4.85. The molecule has 1 unspecified atom stereocenters. The Hall–Kier alpha value is -3.78. The van der Waals surface area contributed by atoms with Crippen LogP contribution >= 0.6 is 0 Å². The van der Waals surface area contributed by atoms with Crippen molar-refractivity contribution in [3.05, 3.63) is 96.3 Å². The summed E-state index contributed by atoms with van der Waals surface area (Å²) in [4.78, 5) is 17.6. The number of amides is 1. The van der Waals surface area contributed by atoms with Crippen LogP contribution in [0.15, 0.2) is 83.6 Å². The normalized spacial score (nSPS) is 15.8. The van der Waals surface area contributed by atoms with Crippen LogP contribution in [-0.2, 0) is 0 Å². The Bertz CT molecular complexity index is 1220. The number of halogens is 1. The summed E-state index contributed by atoms with van der Waals surface area (Å²) < 4.78 is 20.2. The van der Waals surface area contributed by atoms with E-state index in [2.05, 4.69) is 46.3 Å². The van der Waals surface area contributed by atoms with Gasteiger partial charge in [-0.2, -0.15) is 0 Å². The number of anilines is 1. The van der Waals surface area contributed by atoms with Gasteiger partial charge in [-0.3, -0.25) is 14.6 Å². The zero-order valence-electron chi connectivity index (χ0n) is 18.9. The zero-order valence-corrected chi connectivity index (χ0v) is 18.9. The minimum atomic E-state index is -0.310. The first kappa shape index (κ1) is 22.0. The second-order valence-electron chi connectivity index (χ2n) is 8.50. The van der Waals surface area contributed by atoms with Crippen LogP contribution in [0, 0.1) is 5.82 Å². The molecule has 8 heteroatoms. The van der Waals surface area contributed by atoms with Crippen molar-refractivity contribution >= 4 is 11.7 Å². The molecule has 1 atom stereocenters. The maximum atomic E-state index is 13.4. The highest BCUT2D eigenvalue weighted by atomic mass is 19.1. The third kappa shape index (κ3) is 4.49. The van der Waals surface area contributed by atoms with Crippen molar-refractivity contribution in [2.75, 3.05) is 18.0 Å². The molecule has 0 N–H and O–H groups in total. The molecule has 34 heavy (non-hydrogen) atoms. The van der Waals surface area contributed by atoms with Crippen LogP contribution in [0.25, 0.3) is 5.69 Å². The van der Waals surface area contributed by atoms with E-state index in [1.807, 2.05) is 6.07 Å². The van der Waals surface area contributed by atoms with Crippen molar-refractivity contribution in [2.24, 2.45) is 0 Å². The minimum Gasteiger partial charge on any atom is -0.351 e. The van der Waals surface area contributed by atoms with E-state index in [4.69, 9.17) is 4.52 Å². The number of likely N-dealkylation sites (tertiary alicyclic amines) is 1. The van der Waals surface area contributed by atoms with Crippen molar-refractivity contribution in [1.82, 2.24) is 19.8 Å². The summed E-state index contributed by atoms with van der Waals surface area (Å²) in [5, 5.41) is 8.34. The zero-order chi connectivity index (χ0) is 23.5. The fourth-order valence-electron chi connectivity index (χ4n) is 4.56. The SMILES string of the molecule is CC(c1ccccc1)N1CCC(N(C(=O)c2ccno2)c2ccn(-c3ccc(F)cc3)n2)CC1. The van der Waals surface area contributed by atoms with Gasteiger partial charge >= 0.3 is 0 Å². The molecule has 4 aromatic rings. The van der Waals surface area contributed by atoms with Gasteiger partial charge in [-0.15, -0.1) is 5.10 Å². The first-order valence-electron chi connectivity index (χ1n) is 11.4. The summed E-state index contributed by atoms with van der Waals surface area (Å²) in [5.41, 5.74) is 2.00. The molecule has 1 saturated heterocycles. The Morgan fingerprint density at radius 3 is 2.47 bits per heavy atom. The number of benzene rings is 2. The Morgan fingerprint density at radius 1 is 1.06 bits per heavy atom. The number of hydrogen-bond donors (Lipinski definition) is 0. The molecule has 0 aliphatic carbocycles. The van der Waals surface area contributed by atoms with Crippen LogP contribution in [0.2, 0.25) is 0 Å². The molecule has 1 aliphatic heterocycles. The van der Waals surface area contributed by atoms with Crippen LogP contribution in [0.4, 0.5) is 10.2 Å². The van der Waals surface area contributed by atoms with E-state index in [0.29, 0.717) is 17.5 Å². The van der Waals surface area contributed by atoms with Crippen molar-refractivity contribution in [3.8, 4) is 5.69 Å². The summed E-state index contributed by atoms with van der Waals surface area (Å²) in [6, 6.07) is 20.2. The van der Waals surface area contributed by atoms with E-state index in [0.717, 1.165) is 25.9 Å². The third-order valence-electron chi connectivity index (χ3n) is 6.47. The van der Waals surface area contributed by atoms with Crippen LogP contribution in [0.3, 0.4) is 0 Å². The van der Waals surface area contributed by atoms with Crippen molar-refractivity contribution in [3.63, 3.8) is 0 Å². The van der Waals surface area contributed by atoms with Gasteiger partial charge in [0.05, 0.1) is 11.9 Å². The van der Waals surface area contributed by atoms with Gasteiger partial charge in [0.25, 0.3) is 5.91 Å². The number of piperidine rings is 1. The highest BCUT2D eigenvalue weighted by Gasteiger charge is 2.34. The molecule has 1 amide bonds. The molecule has 0 bridgehead atoms. The molecule has 1 fully saturated rings. The largest absolute Gasteiger partial charge is 0.351 e. The van der Waals surface area contributed by atoms with Crippen molar-refractivity contribution < 1.29 is 13.7 Å². The Labute approximate surface area is 197 Å². The molecule has 2 aromatic heterocycles. The molecule has 0 radical (unpaired) electrons. The third-order valence-corrected chi connectivity index (χ3v) is 6.47. The summed E-state index contributed by atoms with van der Waals surface area (Å²) in [5.74, 6) is 0.128. The van der Waals surface area contributed by atoms with E-state index in [1.165, 1.54) is 23.9 Å². The first-order chi connectivity index (χ1) is 16.6. The molecule has 174 valence electrons. The van der Waals surface area contributed by atoms with Gasteiger partial charge in [0, 0.05) is 43.5 Å². The quantitative estimate of drug-likeness (QED) is 0.411. The van der Waals surface area contributed by atoms with Crippen molar-refractivity contribution in [1.29, 1.82) is 0 Å². The standard InChI is InChI=1S/C26H26FN5O2/c1-19(20-5-3-2-4-6-20)30-16-12-23(13-17-30)32(26(33)24-11-15-28-34-24)25-14-18-31(29-25)22-9-7-21(27)8-10-22/h2-11,14-15,18-19,23H,12-13,16-17H2,1H3. The second-order valence-corrected chi connectivity index (χ2v) is 8.50. The monoisotopic (exact) mass is 459 g/mol. The first-order valence-corrected chi connectivity index (χ1v) is 11.4. The average molecular weight is 460 g/mol. The van der Waals surface area contributed by atoms with Crippen LogP contribution in [0.1, 0.15) is 41.9 Å². The van der Waals surface area contributed by atoms with E-state index in [1.54, 1.807) is 40.0 Å². The number of rotatable bonds is 6. The molecular weight excluding hydrogens is 433 g/mol. The number of carbonyl (C=O) groups is 1. The fraction of sp³-hybridized carbons (Fsp3) is 0.269. The van der Waals surface area contributed by atoms with Crippen molar-refractivity contribution in [2.45, 2.75) is 31.8 Å². The van der Waals surface area contributed by atoms with Gasteiger partial charge in [-0.05, 0) is 49.6 Å². The van der Waals surface area contributed by atoms with E-state index >= 15 is 0 Å². The maximum Gasteiger partial charge on any atom is 0.298 e. The number of aromatic nitrogens is 3. The van der Waals surface area contributed by atoms with Gasteiger partial charge in [0.2, 0.25) is 5.76 Å². The van der Waals surface area contributed by atoms with Crippen LogP contribution < -0.4 is 4.90 Å². The predicted octanol–water partition coefficient (Wildman–Crippen LogP) is 4.87. The molecule has 7 nitrogen and oxygen atoms in total. The Balaban J connectivity index is 1.37. The smallest absolute Gasteiger partial charge is 0.298 e. The Kier molecular flexibility index (Phi) is 6.22. The summed E-state index contributed by atoms with van der Waals surface area (Å²) in [7, 11) is 0. The highest BCUT2D eigenvalue weighted by molar-refractivity contribution is 6.04. The van der Waals surface area contributed by atoms with Crippen LogP contribution in [-0.4, -0.2) is 44.9 Å². The van der Waals surface area contributed by atoms with Crippen LogP contribution in [0.5, 0.6) is 0 Å². The van der Waals surface area contributed by atoms with Gasteiger partial charge in [0.1, 0.15) is 5.82 Å². The fourth-order valence-corrected chi connectivity index (χ4v) is 4.56. The van der Waals surface area contributed by atoms with E-state index in [-0.39, 0.29) is 23.5 Å². The number of nitrogens with zero attached hydrogens (tertiary/aromatic N) is 5. The average Bonchev–Trinajstić information content (AvgIpc) is 3.58. The van der Waals surface area contributed by atoms with Gasteiger partial charge in [0.15, 0.2) is 5.82 Å². The molecule has 3 heterocycles. The van der Waals surface area contributed by atoms with Gasteiger partial charge < -0.3 is 4.52 Å². The molecule has 5 rings (SSSR count). The lowest BCUT2D eigenvalue weighted by Crippen LogP contribution is -2.48. The van der Waals surface area contributed by atoms with Gasteiger partial charge in [-0.1, -0.05) is 35.5 Å². The van der Waals surface area contributed by atoms with E-state index in [9.17, 15) is 9.18 Å². The number of hydrogen-bond acceptors (Lipinski definition) is 5. The van der Waals surface area contributed by atoms with Gasteiger partial charge in [-0.25, -0.2) is 9.07 Å². The minimum absolute atomic E-state index is 0.0339. The number of carbonyl (C=O) groups excluding carboxylic acids is 1. The lowest BCUT2D eigenvalue weighted by Gasteiger charge is -2.39. The molecule has 1 aliphatic rings. The molecular formula is C26H26FN5O2. The topological polar surface area (TPSA) is 67.4 Å². The summed E-state index contributed by atoms with van der Waals surface area (Å²) >= 11 is 0. The lowest BCUT2D eigenvalue weighted by atomic mass is 9.98. The predicted molar refractivity (Wildman–Crippen MR) is 126 cm³/mol. The van der Waals surface area contributed by atoms with E-state index < -0.39 is 0 Å². The summed E-state index contributed by atoms with van der Waals surface area (Å²) in [6.45, 7) is 3.94. The molecule has 0 saturated carbocycles. The molecule has 2 aromatic carbocycles. The maximum absolute atomic E-state index is 13.4. The Morgan fingerprint density at radius 2 is 1.79 bits per heavy atom. The molecule has 0 spiro atoms. The highest BCUT2D eigenvalue weighted by Crippen LogP contribution is 2.29.